The van der Waals surface area contributed by atoms with Crippen molar-refractivity contribution in [3.8, 4) is 0 Å². The van der Waals surface area contributed by atoms with Gasteiger partial charge in [0.05, 0.1) is 11.3 Å². The Morgan fingerprint density at radius 2 is 2.06 bits per heavy atom. The molecule has 1 fully saturated rings. The number of carboxylic acids is 1. The average Bonchev–Trinajstić information content (AvgIpc) is 2.24. The molecule has 0 aliphatic carbocycles. The molecule has 0 aromatic heterocycles. The first-order chi connectivity index (χ1) is 8.16. The molecule has 1 aliphatic rings. The van der Waals surface area contributed by atoms with E-state index in [1.807, 2.05) is 0 Å². The van der Waals surface area contributed by atoms with Crippen LogP contribution in [-0.4, -0.2) is 30.1 Å². The number of carbonyl (C=O) groups is 2. The Labute approximate surface area is 98.8 Å². The van der Waals surface area contributed by atoms with E-state index in [9.17, 15) is 9.59 Å². The summed E-state index contributed by atoms with van der Waals surface area (Å²) in [7, 11) is 0. The summed E-state index contributed by atoms with van der Waals surface area (Å²) in [5, 5.41) is 14.7. The summed E-state index contributed by atoms with van der Waals surface area (Å²) in [5.74, 6) is -0.802. The van der Waals surface area contributed by atoms with Crippen molar-refractivity contribution in [3.05, 3.63) is 29.8 Å². The van der Waals surface area contributed by atoms with Gasteiger partial charge in [0.15, 0.2) is 0 Å². The first-order valence-corrected chi connectivity index (χ1v) is 5.49. The molecule has 0 radical (unpaired) electrons. The third-order valence-electron chi connectivity index (χ3n) is 2.77. The Morgan fingerprint density at radius 3 is 2.65 bits per heavy atom. The van der Waals surface area contributed by atoms with Crippen LogP contribution in [0.15, 0.2) is 24.3 Å². The predicted molar refractivity (Wildman–Crippen MR) is 63.0 cm³/mol. The van der Waals surface area contributed by atoms with Crippen molar-refractivity contribution in [2.75, 3.05) is 18.4 Å². The monoisotopic (exact) mass is 234 g/mol. The van der Waals surface area contributed by atoms with Crippen molar-refractivity contribution in [2.45, 2.75) is 6.42 Å². The van der Waals surface area contributed by atoms with Gasteiger partial charge in [-0.15, -0.1) is 0 Å². The lowest BCUT2D eigenvalue weighted by Gasteiger charge is -2.26. The lowest BCUT2D eigenvalue weighted by Crippen LogP contribution is -2.43. The minimum atomic E-state index is -1.04. The van der Waals surface area contributed by atoms with E-state index in [1.165, 1.54) is 6.07 Å². The largest absolute Gasteiger partial charge is 0.478 e. The summed E-state index contributed by atoms with van der Waals surface area (Å²) in [5.41, 5.74) is 0.477. The maximum absolute atomic E-state index is 11.7. The van der Waals surface area contributed by atoms with Crippen LogP contribution in [0.1, 0.15) is 16.8 Å². The van der Waals surface area contributed by atoms with E-state index >= 15 is 0 Å². The summed E-state index contributed by atoms with van der Waals surface area (Å²) in [6, 6.07) is 6.41. The van der Waals surface area contributed by atoms with Crippen molar-refractivity contribution in [2.24, 2.45) is 5.92 Å². The summed E-state index contributed by atoms with van der Waals surface area (Å²) < 4.78 is 0. The smallest absolute Gasteiger partial charge is 0.337 e. The molecule has 5 nitrogen and oxygen atoms in total. The van der Waals surface area contributed by atoms with Crippen molar-refractivity contribution < 1.29 is 14.7 Å². The minimum absolute atomic E-state index is 0.118. The zero-order valence-corrected chi connectivity index (χ0v) is 9.27. The third kappa shape index (κ3) is 2.82. The van der Waals surface area contributed by atoms with Crippen LogP contribution in [0.25, 0.3) is 0 Å². The molecule has 90 valence electrons. The highest BCUT2D eigenvalue weighted by molar-refractivity contribution is 6.00. The van der Waals surface area contributed by atoms with Gasteiger partial charge in [0.2, 0.25) is 5.91 Å². The summed E-state index contributed by atoms with van der Waals surface area (Å²) in [4.78, 5) is 22.6. The van der Waals surface area contributed by atoms with Crippen LogP contribution in [0.5, 0.6) is 0 Å². The van der Waals surface area contributed by atoms with Gasteiger partial charge in [0.25, 0.3) is 0 Å². The van der Waals surface area contributed by atoms with Gasteiger partial charge >= 0.3 is 5.97 Å². The molecule has 2 rings (SSSR count). The molecule has 1 aromatic carbocycles. The number of aromatic carboxylic acids is 1. The molecule has 1 saturated heterocycles. The molecule has 1 aromatic rings. The highest BCUT2D eigenvalue weighted by Gasteiger charge is 2.21. The van der Waals surface area contributed by atoms with E-state index in [2.05, 4.69) is 10.6 Å². The minimum Gasteiger partial charge on any atom is -0.478 e. The number of amides is 1. The van der Waals surface area contributed by atoms with Crippen LogP contribution in [0.4, 0.5) is 5.69 Å². The zero-order valence-electron chi connectivity index (χ0n) is 9.27. The van der Waals surface area contributed by atoms with Gasteiger partial charge in [0.1, 0.15) is 0 Å². The Hall–Kier alpha value is -1.88. The maximum Gasteiger partial charge on any atom is 0.337 e. The van der Waals surface area contributed by atoms with Crippen LogP contribution in [0.2, 0.25) is 0 Å². The second-order valence-corrected chi connectivity index (χ2v) is 4.13. The molecule has 0 unspecified atom stereocenters. The molecule has 0 atom stereocenters. The molecule has 5 heteroatoms. The van der Waals surface area contributed by atoms with Crippen molar-refractivity contribution in [1.29, 1.82) is 0 Å². The molecule has 1 aliphatic heterocycles. The molecule has 17 heavy (non-hydrogen) atoms. The summed E-state index contributed by atoms with van der Waals surface area (Å²) >= 11 is 0. The molecule has 0 spiro atoms. The zero-order chi connectivity index (χ0) is 12.3. The van der Waals surface area contributed by atoms with Crippen LogP contribution >= 0.6 is 0 Å². The molecule has 0 bridgehead atoms. The second-order valence-electron chi connectivity index (χ2n) is 4.13. The van der Waals surface area contributed by atoms with E-state index in [1.54, 1.807) is 18.2 Å². The number of anilines is 1. The average molecular weight is 234 g/mol. The standard InChI is InChI=1S/C12H14N2O3/c15-11(5-8-6-13-7-8)14-10-4-2-1-3-9(10)12(16)17/h1-4,8,13H,5-7H2,(H,14,15)(H,16,17). The van der Waals surface area contributed by atoms with E-state index in [-0.39, 0.29) is 11.5 Å². The first-order valence-electron chi connectivity index (χ1n) is 5.49. The topological polar surface area (TPSA) is 78.4 Å². The van der Waals surface area contributed by atoms with Gasteiger partial charge in [-0.05, 0) is 31.1 Å². The maximum atomic E-state index is 11.7. The molecule has 3 N–H and O–H groups in total. The molecule has 1 amide bonds. The van der Waals surface area contributed by atoms with Gasteiger partial charge < -0.3 is 15.7 Å². The van der Waals surface area contributed by atoms with Crippen LogP contribution in [0, 0.1) is 5.92 Å². The molecular weight excluding hydrogens is 220 g/mol. The number of benzene rings is 1. The van der Waals surface area contributed by atoms with E-state index in [4.69, 9.17) is 5.11 Å². The quantitative estimate of drug-likeness (QED) is 0.724. The third-order valence-corrected chi connectivity index (χ3v) is 2.77. The summed E-state index contributed by atoms with van der Waals surface area (Å²) in [6.07, 6.45) is 0.432. The Kier molecular flexibility index (Phi) is 3.39. The van der Waals surface area contributed by atoms with E-state index < -0.39 is 5.97 Å². The molecule has 0 saturated carbocycles. The first kappa shape index (κ1) is 11.6. The number of rotatable bonds is 4. The van der Waals surface area contributed by atoms with Gasteiger partial charge in [-0.2, -0.15) is 0 Å². The normalized spacial score (nSPS) is 15.1. The van der Waals surface area contributed by atoms with Gasteiger partial charge in [-0.25, -0.2) is 4.79 Å². The fourth-order valence-corrected chi connectivity index (χ4v) is 1.73. The second kappa shape index (κ2) is 4.97. The highest BCUT2D eigenvalue weighted by Crippen LogP contribution is 2.16. The van der Waals surface area contributed by atoms with Crippen molar-refractivity contribution >= 4 is 17.6 Å². The fraction of sp³-hybridized carbons (Fsp3) is 0.333. The highest BCUT2D eigenvalue weighted by atomic mass is 16.4. The fourth-order valence-electron chi connectivity index (χ4n) is 1.73. The SMILES string of the molecule is O=C(CC1CNC1)Nc1ccccc1C(=O)O. The number of hydrogen-bond donors (Lipinski definition) is 3. The van der Waals surface area contributed by atoms with Crippen molar-refractivity contribution in [1.82, 2.24) is 5.32 Å². The van der Waals surface area contributed by atoms with E-state index in [0.717, 1.165) is 13.1 Å². The Bertz CT molecular complexity index is 441. The van der Waals surface area contributed by atoms with Crippen LogP contribution in [0.3, 0.4) is 0 Å². The Balaban J connectivity index is 2.01. The number of carboxylic acid groups (broad SMARTS) is 1. The predicted octanol–water partition coefficient (Wildman–Crippen LogP) is 0.933. The van der Waals surface area contributed by atoms with Gasteiger partial charge in [-0.3, -0.25) is 4.79 Å². The lowest BCUT2D eigenvalue weighted by molar-refractivity contribution is -0.117. The van der Waals surface area contributed by atoms with Crippen LogP contribution < -0.4 is 10.6 Å². The Morgan fingerprint density at radius 1 is 1.35 bits per heavy atom. The number of hydrogen-bond acceptors (Lipinski definition) is 3. The number of nitrogens with one attached hydrogen (secondary N) is 2. The van der Waals surface area contributed by atoms with Crippen LogP contribution in [-0.2, 0) is 4.79 Å². The van der Waals surface area contributed by atoms with Gasteiger partial charge in [0, 0.05) is 6.42 Å². The lowest BCUT2D eigenvalue weighted by atomic mass is 9.99. The molecular formula is C12H14N2O3. The molecule has 1 heterocycles. The van der Waals surface area contributed by atoms with Gasteiger partial charge in [-0.1, -0.05) is 12.1 Å². The van der Waals surface area contributed by atoms with Crippen molar-refractivity contribution in [3.63, 3.8) is 0 Å². The number of carbonyl (C=O) groups excluding carboxylic acids is 1. The van der Waals surface area contributed by atoms with E-state index in [0.29, 0.717) is 18.0 Å². The number of para-hydroxylation sites is 1. The summed E-state index contributed by atoms with van der Waals surface area (Å²) in [6.45, 7) is 1.71.